The summed E-state index contributed by atoms with van der Waals surface area (Å²) in [6.07, 6.45) is 0.245. The summed E-state index contributed by atoms with van der Waals surface area (Å²) in [4.78, 5) is 11.3. The summed E-state index contributed by atoms with van der Waals surface area (Å²) < 4.78 is 12.9. The van der Waals surface area contributed by atoms with E-state index in [2.05, 4.69) is 0 Å². The van der Waals surface area contributed by atoms with Gasteiger partial charge in [0.2, 0.25) is 0 Å². The average Bonchev–Trinajstić information content (AvgIpc) is 2.37. The van der Waals surface area contributed by atoms with E-state index in [-0.39, 0.29) is 12.2 Å². The highest BCUT2D eigenvalue weighted by atomic mass is 19.1. The van der Waals surface area contributed by atoms with E-state index in [0.717, 1.165) is 5.56 Å². The Labute approximate surface area is 109 Å². The van der Waals surface area contributed by atoms with Crippen LogP contribution in [0.1, 0.15) is 17.0 Å². The molecule has 0 radical (unpaired) electrons. The Morgan fingerprint density at radius 2 is 1.84 bits per heavy atom. The highest BCUT2D eigenvalue weighted by Crippen LogP contribution is 2.23. The van der Waals surface area contributed by atoms with Crippen molar-refractivity contribution in [2.75, 3.05) is 0 Å². The van der Waals surface area contributed by atoms with Gasteiger partial charge in [0.05, 0.1) is 5.92 Å². The molecule has 0 fully saturated rings. The number of halogens is 1. The Hall–Kier alpha value is -2.36. The summed E-state index contributed by atoms with van der Waals surface area (Å²) in [7, 11) is 0. The van der Waals surface area contributed by atoms with Crippen molar-refractivity contribution in [2.24, 2.45) is 0 Å². The van der Waals surface area contributed by atoms with Gasteiger partial charge in [-0.3, -0.25) is 4.79 Å². The smallest absolute Gasteiger partial charge is 0.311 e. The maximum Gasteiger partial charge on any atom is 0.311 e. The molecule has 98 valence electrons. The fourth-order valence-electron chi connectivity index (χ4n) is 1.96. The highest BCUT2D eigenvalue weighted by Gasteiger charge is 2.20. The van der Waals surface area contributed by atoms with Gasteiger partial charge in [0, 0.05) is 0 Å². The highest BCUT2D eigenvalue weighted by molar-refractivity contribution is 5.76. The van der Waals surface area contributed by atoms with Crippen molar-refractivity contribution in [2.45, 2.75) is 12.3 Å². The number of hydrogen-bond donors (Lipinski definition) is 2. The average molecular weight is 260 g/mol. The lowest BCUT2D eigenvalue weighted by Crippen LogP contribution is -2.14. The van der Waals surface area contributed by atoms with E-state index in [1.54, 1.807) is 12.1 Å². The maximum atomic E-state index is 12.9. The molecule has 0 saturated heterocycles. The van der Waals surface area contributed by atoms with Crippen LogP contribution in [-0.2, 0) is 11.2 Å². The zero-order valence-electron chi connectivity index (χ0n) is 10.1. The number of hydrogen-bond acceptors (Lipinski definition) is 2. The SMILES string of the molecule is O=C(O)C(Cc1cccc(O)c1)c1ccc(F)cc1. The van der Waals surface area contributed by atoms with E-state index in [0.29, 0.717) is 5.56 Å². The van der Waals surface area contributed by atoms with Gasteiger partial charge in [0.25, 0.3) is 0 Å². The molecule has 0 heterocycles. The van der Waals surface area contributed by atoms with Gasteiger partial charge < -0.3 is 10.2 Å². The molecular weight excluding hydrogens is 247 g/mol. The first-order valence-electron chi connectivity index (χ1n) is 5.82. The third-order valence-corrected chi connectivity index (χ3v) is 2.92. The zero-order chi connectivity index (χ0) is 13.8. The van der Waals surface area contributed by atoms with E-state index in [1.807, 2.05) is 0 Å². The van der Waals surface area contributed by atoms with Crippen LogP contribution in [0.3, 0.4) is 0 Å². The van der Waals surface area contributed by atoms with E-state index in [1.165, 1.54) is 36.4 Å². The van der Waals surface area contributed by atoms with Crippen molar-refractivity contribution in [1.82, 2.24) is 0 Å². The van der Waals surface area contributed by atoms with Crippen LogP contribution in [-0.4, -0.2) is 16.2 Å². The van der Waals surface area contributed by atoms with E-state index >= 15 is 0 Å². The molecule has 0 spiro atoms. The van der Waals surface area contributed by atoms with Crippen molar-refractivity contribution in [3.05, 3.63) is 65.5 Å². The lowest BCUT2D eigenvalue weighted by atomic mass is 9.92. The third-order valence-electron chi connectivity index (χ3n) is 2.92. The quantitative estimate of drug-likeness (QED) is 0.888. The number of carbonyl (C=O) groups is 1. The molecule has 2 aromatic rings. The fourth-order valence-corrected chi connectivity index (χ4v) is 1.96. The molecule has 0 saturated carbocycles. The van der Waals surface area contributed by atoms with Crippen LogP contribution in [0.5, 0.6) is 5.75 Å². The monoisotopic (exact) mass is 260 g/mol. The molecule has 1 atom stereocenters. The van der Waals surface area contributed by atoms with Crippen LogP contribution in [0.2, 0.25) is 0 Å². The van der Waals surface area contributed by atoms with Gasteiger partial charge in [0.15, 0.2) is 0 Å². The van der Waals surface area contributed by atoms with Crippen LogP contribution in [0.15, 0.2) is 48.5 Å². The summed E-state index contributed by atoms with van der Waals surface area (Å²) in [5.41, 5.74) is 1.26. The lowest BCUT2D eigenvalue weighted by molar-refractivity contribution is -0.138. The fraction of sp³-hybridized carbons (Fsp3) is 0.133. The predicted octanol–water partition coefficient (Wildman–Crippen LogP) is 2.94. The predicted molar refractivity (Wildman–Crippen MR) is 68.6 cm³/mol. The molecular formula is C15H13FO3. The largest absolute Gasteiger partial charge is 0.508 e. The van der Waals surface area contributed by atoms with Gasteiger partial charge in [-0.2, -0.15) is 0 Å². The molecule has 0 bridgehead atoms. The molecule has 0 amide bonds. The first-order chi connectivity index (χ1) is 9.06. The number of phenols is 1. The summed E-state index contributed by atoms with van der Waals surface area (Å²) >= 11 is 0. The van der Waals surface area contributed by atoms with E-state index in [4.69, 9.17) is 0 Å². The van der Waals surface area contributed by atoms with Gasteiger partial charge in [-0.05, 0) is 41.8 Å². The topological polar surface area (TPSA) is 57.5 Å². The summed E-state index contributed by atoms with van der Waals surface area (Å²) in [6, 6.07) is 11.9. The molecule has 2 N–H and O–H groups in total. The number of aromatic hydroxyl groups is 1. The summed E-state index contributed by atoms with van der Waals surface area (Å²) in [5.74, 6) is -2.04. The van der Waals surface area contributed by atoms with Gasteiger partial charge in [-0.25, -0.2) is 4.39 Å². The van der Waals surface area contributed by atoms with Gasteiger partial charge in [-0.1, -0.05) is 24.3 Å². The summed E-state index contributed by atoms with van der Waals surface area (Å²) in [5, 5.41) is 18.6. The minimum atomic E-state index is -0.977. The van der Waals surface area contributed by atoms with Crippen molar-refractivity contribution in [1.29, 1.82) is 0 Å². The number of carboxylic acid groups (broad SMARTS) is 1. The van der Waals surface area contributed by atoms with Crippen LogP contribution >= 0.6 is 0 Å². The van der Waals surface area contributed by atoms with Crippen molar-refractivity contribution < 1.29 is 19.4 Å². The van der Waals surface area contributed by atoms with Gasteiger partial charge in [0.1, 0.15) is 11.6 Å². The molecule has 0 aromatic heterocycles. The molecule has 0 aliphatic rings. The lowest BCUT2D eigenvalue weighted by Gasteiger charge is -2.13. The van der Waals surface area contributed by atoms with E-state index < -0.39 is 17.7 Å². The third kappa shape index (κ3) is 3.31. The Morgan fingerprint density at radius 1 is 1.16 bits per heavy atom. The van der Waals surface area contributed by atoms with Crippen LogP contribution < -0.4 is 0 Å². The van der Waals surface area contributed by atoms with E-state index in [9.17, 15) is 19.4 Å². The Balaban J connectivity index is 2.26. The Kier molecular flexibility index (Phi) is 3.80. The first-order valence-corrected chi connectivity index (χ1v) is 5.82. The number of rotatable bonds is 4. The van der Waals surface area contributed by atoms with Gasteiger partial charge >= 0.3 is 5.97 Å². The van der Waals surface area contributed by atoms with Crippen LogP contribution in [0.25, 0.3) is 0 Å². The van der Waals surface area contributed by atoms with Crippen LogP contribution in [0, 0.1) is 5.82 Å². The van der Waals surface area contributed by atoms with Crippen molar-refractivity contribution in [3.8, 4) is 5.75 Å². The number of carboxylic acids is 1. The Bertz CT molecular complexity index is 578. The molecule has 3 nitrogen and oxygen atoms in total. The van der Waals surface area contributed by atoms with Crippen LogP contribution in [0.4, 0.5) is 4.39 Å². The second-order valence-corrected chi connectivity index (χ2v) is 4.32. The molecule has 4 heteroatoms. The minimum Gasteiger partial charge on any atom is -0.508 e. The van der Waals surface area contributed by atoms with Crippen molar-refractivity contribution >= 4 is 5.97 Å². The van der Waals surface area contributed by atoms with Gasteiger partial charge in [-0.15, -0.1) is 0 Å². The van der Waals surface area contributed by atoms with Crippen molar-refractivity contribution in [3.63, 3.8) is 0 Å². The number of aliphatic carboxylic acids is 1. The second kappa shape index (κ2) is 5.52. The normalized spacial score (nSPS) is 12.1. The maximum absolute atomic E-state index is 12.9. The minimum absolute atomic E-state index is 0.0979. The Morgan fingerprint density at radius 3 is 2.42 bits per heavy atom. The first kappa shape index (κ1) is 13.1. The second-order valence-electron chi connectivity index (χ2n) is 4.32. The zero-order valence-corrected chi connectivity index (χ0v) is 10.1. The number of benzene rings is 2. The molecule has 19 heavy (non-hydrogen) atoms. The summed E-state index contributed by atoms with van der Waals surface area (Å²) in [6.45, 7) is 0. The molecule has 0 aliphatic carbocycles. The molecule has 0 aliphatic heterocycles. The molecule has 2 aromatic carbocycles. The number of phenolic OH excluding ortho intramolecular Hbond substituents is 1. The molecule has 2 rings (SSSR count). The molecule has 1 unspecified atom stereocenters. The standard InChI is InChI=1S/C15H13FO3/c16-12-6-4-11(5-7-12)14(15(18)19)9-10-2-1-3-13(17)8-10/h1-8,14,17H,9H2,(H,18,19).